The average Bonchev–Trinajstić information content (AvgIpc) is 2.60. The van der Waals surface area contributed by atoms with Crippen LogP contribution in [0.25, 0.3) is 0 Å². The number of ether oxygens (including phenoxy) is 2. The first-order chi connectivity index (χ1) is 12.4. The lowest BCUT2D eigenvalue weighted by Gasteiger charge is -2.15. The third-order valence-corrected chi connectivity index (χ3v) is 3.50. The minimum Gasteiger partial charge on any atom is -0.491 e. The summed E-state index contributed by atoms with van der Waals surface area (Å²) in [6, 6.07) is 13.4. The summed E-state index contributed by atoms with van der Waals surface area (Å²) in [5.74, 6) is 0.476. The number of nitrogens with one attached hydrogen (secondary N) is 1. The zero-order valence-electron chi connectivity index (χ0n) is 15.0. The van der Waals surface area contributed by atoms with Gasteiger partial charge in [0, 0.05) is 12.6 Å². The number of nitro groups is 1. The quantitative estimate of drug-likeness (QED) is 0.576. The van der Waals surface area contributed by atoms with Crippen molar-refractivity contribution in [2.75, 3.05) is 0 Å². The van der Waals surface area contributed by atoms with Gasteiger partial charge in [0.05, 0.1) is 11.0 Å². The van der Waals surface area contributed by atoms with Crippen LogP contribution < -0.4 is 14.8 Å². The molecule has 1 atom stereocenters. The van der Waals surface area contributed by atoms with Gasteiger partial charge in [0.25, 0.3) is 5.91 Å². The van der Waals surface area contributed by atoms with Gasteiger partial charge in [-0.1, -0.05) is 24.3 Å². The van der Waals surface area contributed by atoms with Crippen molar-refractivity contribution in [1.29, 1.82) is 0 Å². The van der Waals surface area contributed by atoms with Crippen LogP contribution in [0.2, 0.25) is 0 Å². The number of nitro benzene ring substituents is 1. The zero-order valence-corrected chi connectivity index (χ0v) is 15.0. The Balaban J connectivity index is 1.90. The summed E-state index contributed by atoms with van der Waals surface area (Å²) in [7, 11) is 0. The molecular weight excluding hydrogens is 336 g/mol. The van der Waals surface area contributed by atoms with Gasteiger partial charge in [-0.3, -0.25) is 14.9 Å². The van der Waals surface area contributed by atoms with Crippen LogP contribution in [-0.4, -0.2) is 23.0 Å². The lowest BCUT2D eigenvalue weighted by atomic mass is 10.2. The number of hydrogen-bond acceptors (Lipinski definition) is 5. The number of carbonyl (C=O) groups is 1. The van der Waals surface area contributed by atoms with Gasteiger partial charge in [0.15, 0.2) is 11.9 Å². The third-order valence-electron chi connectivity index (χ3n) is 3.50. The van der Waals surface area contributed by atoms with Crippen LogP contribution in [0.4, 0.5) is 5.69 Å². The van der Waals surface area contributed by atoms with E-state index in [-0.39, 0.29) is 23.4 Å². The standard InChI is InChI=1S/C19H22N2O5/c1-13(2)25-16-10-8-15(9-11-16)12-20-19(22)14(3)26-18-7-5-4-6-17(18)21(23)24/h4-11,13-14H,12H2,1-3H3,(H,20,22). The lowest BCUT2D eigenvalue weighted by Crippen LogP contribution is -2.36. The van der Waals surface area contributed by atoms with Crippen LogP contribution in [0.1, 0.15) is 26.3 Å². The molecule has 0 aliphatic rings. The molecule has 0 bridgehead atoms. The van der Waals surface area contributed by atoms with E-state index in [1.165, 1.54) is 12.1 Å². The molecule has 2 aromatic rings. The van der Waals surface area contributed by atoms with Crippen molar-refractivity contribution in [3.05, 3.63) is 64.2 Å². The van der Waals surface area contributed by atoms with Gasteiger partial charge >= 0.3 is 5.69 Å². The van der Waals surface area contributed by atoms with Crippen molar-refractivity contribution in [2.24, 2.45) is 0 Å². The maximum atomic E-state index is 12.2. The van der Waals surface area contributed by atoms with E-state index in [0.29, 0.717) is 6.54 Å². The molecule has 0 aliphatic carbocycles. The van der Waals surface area contributed by atoms with Gasteiger partial charge in [0.2, 0.25) is 0 Å². The molecule has 138 valence electrons. The first kappa shape index (κ1) is 19.2. The van der Waals surface area contributed by atoms with Gasteiger partial charge < -0.3 is 14.8 Å². The molecule has 2 aromatic carbocycles. The number of nitrogens with zero attached hydrogens (tertiary/aromatic N) is 1. The Hall–Kier alpha value is -3.09. The predicted molar refractivity (Wildman–Crippen MR) is 97.2 cm³/mol. The van der Waals surface area contributed by atoms with Gasteiger partial charge in [-0.2, -0.15) is 0 Å². The van der Waals surface area contributed by atoms with E-state index in [1.54, 1.807) is 19.1 Å². The molecule has 2 rings (SSSR count). The Morgan fingerprint density at radius 3 is 2.35 bits per heavy atom. The molecule has 1 N–H and O–H groups in total. The maximum absolute atomic E-state index is 12.2. The molecule has 7 nitrogen and oxygen atoms in total. The predicted octanol–water partition coefficient (Wildman–Crippen LogP) is 3.47. The molecule has 0 saturated heterocycles. The fraction of sp³-hybridized carbons (Fsp3) is 0.316. The molecule has 26 heavy (non-hydrogen) atoms. The third kappa shape index (κ3) is 5.47. The Kier molecular flexibility index (Phi) is 6.54. The van der Waals surface area contributed by atoms with E-state index < -0.39 is 11.0 Å². The summed E-state index contributed by atoms with van der Waals surface area (Å²) in [4.78, 5) is 22.6. The van der Waals surface area contributed by atoms with E-state index >= 15 is 0 Å². The highest BCUT2D eigenvalue weighted by Gasteiger charge is 2.20. The highest BCUT2D eigenvalue weighted by atomic mass is 16.6. The number of carbonyl (C=O) groups excluding carboxylic acids is 1. The summed E-state index contributed by atoms with van der Waals surface area (Å²) in [5, 5.41) is 13.7. The SMILES string of the molecule is CC(C)Oc1ccc(CNC(=O)C(C)Oc2ccccc2[N+](=O)[O-])cc1. The van der Waals surface area contributed by atoms with E-state index in [9.17, 15) is 14.9 Å². The molecule has 0 heterocycles. The fourth-order valence-electron chi connectivity index (χ4n) is 2.24. The number of benzene rings is 2. The summed E-state index contributed by atoms with van der Waals surface area (Å²) >= 11 is 0. The van der Waals surface area contributed by atoms with Gasteiger partial charge in [-0.25, -0.2) is 0 Å². The molecule has 1 amide bonds. The van der Waals surface area contributed by atoms with Gasteiger partial charge in [0.1, 0.15) is 5.75 Å². The Morgan fingerprint density at radius 1 is 1.08 bits per heavy atom. The second kappa shape index (κ2) is 8.84. The maximum Gasteiger partial charge on any atom is 0.310 e. The van der Waals surface area contributed by atoms with E-state index in [4.69, 9.17) is 9.47 Å². The highest BCUT2D eigenvalue weighted by Crippen LogP contribution is 2.26. The first-order valence-electron chi connectivity index (χ1n) is 8.30. The highest BCUT2D eigenvalue weighted by molar-refractivity contribution is 5.80. The molecule has 0 aliphatic heterocycles. The second-order valence-electron chi connectivity index (χ2n) is 6.01. The number of amides is 1. The van der Waals surface area contributed by atoms with Crippen molar-refractivity contribution in [2.45, 2.75) is 39.5 Å². The summed E-state index contributed by atoms with van der Waals surface area (Å²) in [5.41, 5.74) is 0.736. The van der Waals surface area contributed by atoms with E-state index in [2.05, 4.69) is 5.32 Å². The number of para-hydroxylation sites is 2. The normalized spacial score (nSPS) is 11.7. The second-order valence-corrected chi connectivity index (χ2v) is 6.01. The van der Waals surface area contributed by atoms with Crippen LogP contribution >= 0.6 is 0 Å². The largest absolute Gasteiger partial charge is 0.491 e. The molecule has 0 spiro atoms. The van der Waals surface area contributed by atoms with Crippen molar-refractivity contribution in [1.82, 2.24) is 5.32 Å². The minimum absolute atomic E-state index is 0.0651. The monoisotopic (exact) mass is 358 g/mol. The molecule has 0 radical (unpaired) electrons. The van der Waals surface area contributed by atoms with Crippen molar-refractivity contribution < 1.29 is 19.2 Å². The topological polar surface area (TPSA) is 90.7 Å². The van der Waals surface area contributed by atoms with Crippen LogP contribution in [0.15, 0.2) is 48.5 Å². The van der Waals surface area contributed by atoms with Gasteiger partial charge in [-0.15, -0.1) is 0 Å². The van der Waals surface area contributed by atoms with Crippen LogP contribution in [-0.2, 0) is 11.3 Å². The van der Waals surface area contributed by atoms with E-state index in [1.807, 2.05) is 38.1 Å². The first-order valence-corrected chi connectivity index (χ1v) is 8.30. The lowest BCUT2D eigenvalue weighted by molar-refractivity contribution is -0.386. The van der Waals surface area contributed by atoms with Crippen LogP contribution in [0.5, 0.6) is 11.5 Å². The zero-order chi connectivity index (χ0) is 19.1. The summed E-state index contributed by atoms with van der Waals surface area (Å²) < 4.78 is 11.0. The number of hydrogen-bond donors (Lipinski definition) is 1. The van der Waals surface area contributed by atoms with Gasteiger partial charge in [-0.05, 0) is 44.5 Å². The molecular formula is C19H22N2O5. The summed E-state index contributed by atoms with van der Waals surface area (Å²) in [6.07, 6.45) is -0.764. The molecule has 1 unspecified atom stereocenters. The van der Waals surface area contributed by atoms with Crippen molar-refractivity contribution in [3.63, 3.8) is 0 Å². The molecule has 0 aromatic heterocycles. The Morgan fingerprint density at radius 2 is 1.73 bits per heavy atom. The fourth-order valence-corrected chi connectivity index (χ4v) is 2.24. The van der Waals surface area contributed by atoms with Crippen LogP contribution in [0.3, 0.4) is 0 Å². The van der Waals surface area contributed by atoms with E-state index in [0.717, 1.165) is 11.3 Å². The van der Waals surface area contributed by atoms with Crippen LogP contribution in [0, 0.1) is 10.1 Å². The number of rotatable bonds is 8. The average molecular weight is 358 g/mol. The molecule has 0 saturated carbocycles. The minimum atomic E-state index is -0.861. The van der Waals surface area contributed by atoms with Crippen molar-refractivity contribution in [3.8, 4) is 11.5 Å². The molecule has 0 fully saturated rings. The Labute approximate surface area is 152 Å². The summed E-state index contributed by atoms with van der Waals surface area (Å²) in [6.45, 7) is 5.77. The molecule has 7 heteroatoms. The smallest absolute Gasteiger partial charge is 0.310 e. The van der Waals surface area contributed by atoms with Crippen molar-refractivity contribution >= 4 is 11.6 Å². The Bertz CT molecular complexity index is 759.